The van der Waals surface area contributed by atoms with Crippen LogP contribution in [0.4, 0.5) is 0 Å². The highest BCUT2D eigenvalue weighted by Crippen LogP contribution is 2.12. The molecule has 0 saturated carbocycles. The molecule has 1 aromatic rings. The van der Waals surface area contributed by atoms with Gasteiger partial charge in [-0.25, -0.2) is 8.42 Å². The summed E-state index contributed by atoms with van der Waals surface area (Å²) in [5.74, 6) is 0. The molecule has 0 bridgehead atoms. The Balaban J connectivity index is 2.92. The lowest BCUT2D eigenvalue weighted by atomic mass is 10.7. The van der Waals surface area contributed by atoms with Crippen LogP contribution < -0.4 is 0 Å². The molecule has 5 nitrogen and oxygen atoms in total. The van der Waals surface area contributed by atoms with Gasteiger partial charge in [0.25, 0.3) is 9.05 Å². The number of aliphatic hydroxyl groups excluding tert-OH is 1. The summed E-state index contributed by atoms with van der Waals surface area (Å²) < 4.78 is 22.7. The van der Waals surface area contributed by atoms with Crippen LogP contribution in [0, 0.1) is 0 Å². The molecule has 68 valence electrons. The zero-order valence-corrected chi connectivity index (χ0v) is 7.59. The molecule has 0 atom stereocenters. The van der Waals surface area contributed by atoms with Crippen LogP contribution in [0.5, 0.6) is 0 Å². The van der Waals surface area contributed by atoms with E-state index >= 15 is 0 Å². The quantitative estimate of drug-likeness (QED) is 0.702. The molecular formula is C5H7ClN2O3S. The maximum absolute atomic E-state index is 10.7. The van der Waals surface area contributed by atoms with Crippen LogP contribution in [0.25, 0.3) is 0 Å². The average molecular weight is 211 g/mol. The van der Waals surface area contributed by atoms with Gasteiger partial charge in [-0.2, -0.15) is 5.10 Å². The van der Waals surface area contributed by atoms with Gasteiger partial charge in [-0.05, 0) is 0 Å². The lowest BCUT2D eigenvalue weighted by Crippen LogP contribution is -2.01. The van der Waals surface area contributed by atoms with Crippen LogP contribution in [0.1, 0.15) is 0 Å². The second kappa shape index (κ2) is 3.42. The van der Waals surface area contributed by atoms with Gasteiger partial charge in [0, 0.05) is 16.9 Å². The Labute approximate surface area is 74.0 Å². The average Bonchev–Trinajstić information content (AvgIpc) is 2.35. The molecule has 7 heteroatoms. The molecule has 12 heavy (non-hydrogen) atoms. The van der Waals surface area contributed by atoms with Crippen molar-refractivity contribution in [1.29, 1.82) is 0 Å². The summed E-state index contributed by atoms with van der Waals surface area (Å²) in [6.45, 7) is 0.163. The van der Waals surface area contributed by atoms with Crippen LogP contribution in [0.3, 0.4) is 0 Å². The van der Waals surface area contributed by atoms with Crippen molar-refractivity contribution in [2.45, 2.75) is 11.4 Å². The number of hydrogen-bond donors (Lipinski definition) is 1. The topological polar surface area (TPSA) is 72.2 Å². The van der Waals surface area contributed by atoms with E-state index in [9.17, 15) is 8.42 Å². The van der Waals surface area contributed by atoms with E-state index in [1.165, 1.54) is 10.9 Å². The standard InChI is InChI=1S/C5H7ClN2O3S/c6-12(10,11)5-3-7-8(4-5)1-2-9/h3-4,9H,1-2H2. The van der Waals surface area contributed by atoms with Crippen LogP contribution in [-0.2, 0) is 15.6 Å². The second-order valence-corrected chi connectivity index (χ2v) is 4.67. The molecule has 0 aliphatic carbocycles. The zero-order chi connectivity index (χ0) is 9.19. The molecule has 1 N–H and O–H groups in total. The second-order valence-electron chi connectivity index (χ2n) is 2.10. The molecule has 0 fully saturated rings. The van der Waals surface area contributed by atoms with E-state index in [1.807, 2.05) is 0 Å². The Morgan fingerprint density at radius 2 is 2.33 bits per heavy atom. The number of hydrogen-bond acceptors (Lipinski definition) is 4. The predicted octanol–water partition coefficient (Wildman–Crippen LogP) is -0.197. The van der Waals surface area contributed by atoms with Crippen molar-refractivity contribution in [3.63, 3.8) is 0 Å². The summed E-state index contributed by atoms with van der Waals surface area (Å²) in [7, 11) is 1.34. The molecule has 0 aromatic carbocycles. The first-order valence-electron chi connectivity index (χ1n) is 3.12. The van der Waals surface area contributed by atoms with E-state index in [2.05, 4.69) is 5.10 Å². The fourth-order valence-electron chi connectivity index (χ4n) is 0.695. The number of aliphatic hydroxyl groups is 1. The smallest absolute Gasteiger partial charge is 0.264 e. The molecule has 0 saturated heterocycles. The monoisotopic (exact) mass is 210 g/mol. The van der Waals surface area contributed by atoms with Gasteiger partial charge < -0.3 is 5.11 Å². The van der Waals surface area contributed by atoms with Gasteiger partial charge in [0.2, 0.25) is 0 Å². The first-order valence-corrected chi connectivity index (χ1v) is 5.43. The summed E-state index contributed by atoms with van der Waals surface area (Å²) in [4.78, 5) is -0.0578. The van der Waals surface area contributed by atoms with E-state index < -0.39 is 9.05 Å². The Kier molecular flexibility index (Phi) is 2.71. The first kappa shape index (κ1) is 9.50. The van der Waals surface area contributed by atoms with Crippen LogP contribution in [0.2, 0.25) is 0 Å². The van der Waals surface area contributed by atoms with E-state index in [0.29, 0.717) is 0 Å². The van der Waals surface area contributed by atoms with Crippen molar-refractivity contribution in [2.75, 3.05) is 6.61 Å². The summed E-state index contributed by atoms with van der Waals surface area (Å²) in [6, 6.07) is 0. The molecule has 0 aliphatic heterocycles. The lowest BCUT2D eigenvalue weighted by molar-refractivity contribution is 0.269. The summed E-state index contributed by atoms with van der Waals surface area (Å²) >= 11 is 0. The lowest BCUT2D eigenvalue weighted by Gasteiger charge is -1.93. The molecule has 1 rings (SSSR count). The van der Waals surface area contributed by atoms with Crippen LogP contribution in [-0.4, -0.2) is 29.9 Å². The van der Waals surface area contributed by atoms with Crippen LogP contribution in [0.15, 0.2) is 17.3 Å². The van der Waals surface area contributed by atoms with Gasteiger partial charge in [0.05, 0.1) is 19.3 Å². The summed E-state index contributed by atoms with van der Waals surface area (Å²) in [5.41, 5.74) is 0. The normalized spacial score (nSPS) is 11.8. The van der Waals surface area contributed by atoms with Crippen molar-refractivity contribution in [3.05, 3.63) is 12.4 Å². The maximum atomic E-state index is 10.7. The third kappa shape index (κ3) is 2.20. The Morgan fingerprint density at radius 1 is 1.67 bits per heavy atom. The van der Waals surface area contributed by atoms with Crippen LogP contribution >= 0.6 is 10.7 Å². The molecule has 0 amide bonds. The number of rotatable bonds is 3. The van der Waals surface area contributed by atoms with E-state index in [4.69, 9.17) is 15.8 Å². The summed E-state index contributed by atoms with van der Waals surface area (Å²) in [6.07, 6.45) is 2.40. The number of nitrogens with zero attached hydrogens (tertiary/aromatic N) is 2. The molecule has 1 aromatic heterocycles. The minimum Gasteiger partial charge on any atom is -0.394 e. The highest BCUT2D eigenvalue weighted by molar-refractivity contribution is 8.13. The molecular weight excluding hydrogens is 204 g/mol. The Morgan fingerprint density at radius 3 is 2.75 bits per heavy atom. The first-order chi connectivity index (χ1) is 5.54. The Bertz CT molecular complexity index is 359. The molecule has 0 unspecified atom stereocenters. The van der Waals surface area contributed by atoms with Crippen molar-refractivity contribution in [1.82, 2.24) is 9.78 Å². The van der Waals surface area contributed by atoms with E-state index in [1.54, 1.807) is 0 Å². The molecule has 0 aliphatic rings. The summed E-state index contributed by atoms with van der Waals surface area (Å²) in [5, 5.41) is 12.2. The molecule has 1 heterocycles. The van der Waals surface area contributed by atoms with Gasteiger partial charge in [-0.1, -0.05) is 0 Å². The Hall–Kier alpha value is -0.590. The van der Waals surface area contributed by atoms with E-state index in [0.717, 1.165) is 6.20 Å². The predicted molar refractivity (Wildman–Crippen MR) is 42.4 cm³/mol. The van der Waals surface area contributed by atoms with Crippen molar-refractivity contribution >= 4 is 19.7 Å². The van der Waals surface area contributed by atoms with Gasteiger partial charge >= 0.3 is 0 Å². The minimum absolute atomic E-state index is 0.0578. The maximum Gasteiger partial charge on any atom is 0.264 e. The largest absolute Gasteiger partial charge is 0.394 e. The third-order valence-electron chi connectivity index (χ3n) is 1.22. The molecule has 0 radical (unpaired) electrons. The SMILES string of the molecule is O=S(=O)(Cl)c1cnn(CCO)c1. The van der Waals surface area contributed by atoms with Gasteiger partial charge in [0.1, 0.15) is 4.90 Å². The number of aromatic nitrogens is 2. The fraction of sp³-hybridized carbons (Fsp3) is 0.400. The third-order valence-corrected chi connectivity index (χ3v) is 2.53. The number of halogens is 1. The van der Waals surface area contributed by atoms with Crippen molar-refractivity contribution < 1.29 is 13.5 Å². The zero-order valence-electron chi connectivity index (χ0n) is 6.01. The van der Waals surface area contributed by atoms with Crippen molar-refractivity contribution in [2.24, 2.45) is 0 Å². The highest BCUT2D eigenvalue weighted by Gasteiger charge is 2.11. The molecule has 0 spiro atoms. The fourth-order valence-corrected chi connectivity index (χ4v) is 1.35. The van der Waals surface area contributed by atoms with Gasteiger partial charge in [0.15, 0.2) is 0 Å². The van der Waals surface area contributed by atoms with Gasteiger partial charge in [-0.15, -0.1) is 0 Å². The minimum atomic E-state index is -3.69. The van der Waals surface area contributed by atoms with E-state index in [-0.39, 0.29) is 18.0 Å². The van der Waals surface area contributed by atoms with Gasteiger partial charge in [-0.3, -0.25) is 4.68 Å². The van der Waals surface area contributed by atoms with Crippen molar-refractivity contribution in [3.8, 4) is 0 Å². The highest BCUT2D eigenvalue weighted by atomic mass is 35.7.